The number of piperidine rings is 1. The SMILES string of the molecule is O=C1CCOCC1CN1CCC2(O)CCCCC2C1. The molecule has 1 saturated carbocycles. The van der Waals surface area contributed by atoms with Crippen LogP contribution in [0, 0.1) is 11.8 Å². The molecule has 0 aromatic carbocycles. The lowest BCUT2D eigenvalue weighted by Crippen LogP contribution is -2.54. The molecule has 2 aliphatic heterocycles. The summed E-state index contributed by atoms with van der Waals surface area (Å²) < 4.78 is 5.42. The Bertz CT molecular complexity index is 346. The first-order valence-corrected chi connectivity index (χ1v) is 7.72. The molecule has 19 heavy (non-hydrogen) atoms. The lowest BCUT2D eigenvalue weighted by atomic mass is 9.71. The van der Waals surface area contributed by atoms with E-state index in [9.17, 15) is 9.90 Å². The van der Waals surface area contributed by atoms with E-state index in [1.807, 2.05) is 0 Å². The second-order valence-corrected chi connectivity index (χ2v) is 6.54. The van der Waals surface area contributed by atoms with E-state index < -0.39 is 5.60 Å². The number of rotatable bonds is 2. The molecule has 3 aliphatic rings. The number of carbonyl (C=O) groups excluding carboxylic acids is 1. The largest absolute Gasteiger partial charge is 0.390 e. The maximum atomic E-state index is 11.9. The molecular formula is C15H25NO3. The van der Waals surface area contributed by atoms with Crippen LogP contribution < -0.4 is 0 Å². The van der Waals surface area contributed by atoms with Gasteiger partial charge in [-0.2, -0.15) is 0 Å². The summed E-state index contributed by atoms with van der Waals surface area (Å²) in [5, 5.41) is 10.6. The highest BCUT2D eigenvalue weighted by Gasteiger charge is 2.43. The Kier molecular flexibility index (Phi) is 3.92. The van der Waals surface area contributed by atoms with Gasteiger partial charge in [0.1, 0.15) is 5.78 Å². The molecule has 3 unspecified atom stereocenters. The van der Waals surface area contributed by atoms with Crippen LogP contribution in [0.1, 0.15) is 38.5 Å². The number of Topliss-reactive ketones (excluding diaryl/α,β-unsaturated/α-hetero) is 1. The van der Waals surface area contributed by atoms with Gasteiger partial charge in [-0.25, -0.2) is 0 Å². The highest BCUT2D eigenvalue weighted by Crippen LogP contribution is 2.39. The predicted octanol–water partition coefficient (Wildman–Crippen LogP) is 1.22. The minimum absolute atomic E-state index is 0.0588. The number of nitrogens with zero attached hydrogens (tertiary/aromatic N) is 1. The Balaban J connectivity index is 1.57. The van der Waals surface area contributed by atoms with Crippen molar-refractivity contribution in [3.05, 3.63) is 0 Å². The maximum absolute atomic E-state index is 11.9. The Hall–Kier alpha value is -0.450. The molecule has 0 amide bonds. The third-order valence-corrected chi connectivity index (χ3v) is 5.26. The van der Waals surface area contributed by atoms with Gasteiger partial charge in [-0.05, 0) is 19.3 Å². The van der Waals surface area contributed by atoms with Gasteiger partial charge >= 0.3 is 0 Å². The molecule has 3 atom stereocenters. The second-order valence-electron chi connectivity index (χ2n) is 6.54. The van der Waals surface area contributed by atoms with Crippen molar-refractivity contribution in [3.63, 3.8) is 0 Å². The zero-order chi connectivity index (χ0) is 13.3. The van der Waals surface area contributed by atoms with Gasteiger partial charge in [0.15, 0.2) is 0 Å². The number of ether oxygens (including phenoxy) is 1. The Labute approximate surface area is 115 Å². The number of aliphatic hydroxyl groups is 1. The fourth-order valence-corrected chi connectivity index (χ4v) is 3.97. The standard InChI is InChI=1S/C15H25NO3/c17-14-4-8-19-11-12(14)9-16-7-6-15(18)5-2-1-3-13(15)10-16/h12-13,18H,1-11H2. The molecule has 2 saturated heterocycles. The average Bonchev–Trinajstić information content (AvgIpc) is 2.41. The number of hydrogen-bond donors (Lipinski definition) is 1. The summed E-state index contributed by atoms with van der Waals surface area (Å²) in [6.07, 6.45) is 5.97. The first-order valence-electron chi connectivity index (χ1n) is 7.72. The Morgan fingerprint density at radius 2 is 2.26 bits per heavy atom. The van der Waals surface area contributed by atoms with Crippen LogP contribution in [0.5, 0.6) is 0 Å². The van der Waals surface area contributed by atoms with E-state index in [0.717, 1.165) is 38.9 Å². The number of carbonyl (C=O) groups is 1. The van der Waals surface area contributed by atoms with E-state index in [1.54, 1.807) is 0 Å². The van der Waals surface area contributed by atoms with E-state index >= 15 is 0 Å². The molecule has 0 aromatic rings. The van der Waals surface area contributed by atoms with Crippen molar-refractivity contribution in [2.45, 2.75) is 44.1 Å². The van der Waals surface area contributed by atoms with Crippen molar-refractivity contribution in [2.75, 3.05) is 32.8 Å². The summed E-state index contributed by atoms with van der Waals surface area (Å²) in [5.74, 6) is 0.828. The van der Waals surface area contributed by atoms with Gasteiger partial charge in [-0.3, -0.25) is 4.79 Å². The van der Waals surface area contributed by atoms with Gasteiger partial charge in [0.05, 0.1) is 24.7 Å². The summed E-state index contributed by atoms with van der Waals surface area (Å²) in [6, 6.07) is 0. The number of fused-ring (bicyclic) bond motifs is 1. The highest BCUT2D eigenvalue weighted by atomic mass is 16.5. The van der Waals surface area contributed by atoms with Crippen LogP contribution in [-0.2, 0) is 9.53 Å². The molecule has 4 nitrogen and oxygen atoms in total. The Morgan fingerprint density at radius 1 is 1.37 bits per heavy atom. The molecule has 3 rings (SSSR count). The van der Waals surface area contributed by atoms with Crippen LogP contribution >= 0.6 is 0 Å². The van der Waals surface area contributed by atoms with Gasteiger partial charge < -0.3 is 14.7 Å². The van der Waals surface area contributed by atoms with E-state index in [-0.39, 0.29) is 5.92 Å². The van der Waals surface area contributed by atoms with Gasteiger partial charge in [-0.15, -0.1) is 0 Å². The van der Waals surface area contributed by atoms with Crippen molar-refractivity contribution in [1.82, 2.24) is 4.90 Å². The van der Waals surface area contributed by atoms with Crippen molar-refractivity contribution >= 4 is 5.78 Å². The minimum Gasteiger partial charge on any atom is -0.390 e. The molecule has 0 bridgehead atoms. The Morgan fingerprint density at radius 3 is 3.11 bits per heavy atom. The first kappa shape index (κ1) is 13.5. The topological polar surface area (TPSA) is 49.8 Å². The quantitative estimate of drug-likeness (QED) is 0.817. The molecule has 1 N–H and O–H groups in total. The van der Waals surface area contributed by atoms with Gasteiger partial charge in [-0.1, -0.05) is 12.8 Å². The zero-order valence-electron chi connectivity index (χ0n) is 11.6. The summed E-state index contributed by atoms with van der Waals surface area (Å²) in [4.78, 5) is 14.2. The van der Waals surface area contributed by atoms with Crippen LogP contribution in [0.25, 0.3) is 0 Å². The molecule has 108 valence electrons. The fraction of sp³-hybridized carbons (Fsp3) is 0.933. The smallest absolute Gasteiger partial charge is 0.141 e. The van der Waals surface area contributed by atoms with Crippen molar-refractivity contribution in [1.29, 1.82) is 0 Å². The predicted molar refractivity (Wildman–Crippen MR) is 71.9 cm³/mol. The number of hydrogen-bond acceptors (Lipinski definition) is 4. The normalized spacial score (nSPS) is 41.0. The highest BCUT2D eigenvalue weighted by molar-refractivity contribution is 5.82. The van der Waals surface area contributed by atoms with E-state index in [2.05, 4.69) is 4.90 Å². The average molecular weight is 267 g/mol. The first-order chi connectivity index (χ1) is 9.17. The van der Waals surface area contributed by atoms with Crippen molar-refractivity contribution in [3.8, 4) is 0 Å². The van der Waals surface area contributed by atoms with Crippen LogP contribution in [0.15, 0.2) is 0 Å². The van der Waals surface area contributed by atoms with Gasteiger partial charge in [0, 0.05) is 32.0 Å². The lowest BCUT2D eigenvalue weighted by Gasteiger charge is -2.48. The summed E-state index contributed by atoms with van der Waals surface area (Å²) in [6.45, 7) is 3.89. The van der Waals surface area contributed by atoms with Gasteiger partial charge in [0.2, 0.25) is 0 Å². The summed E-state index contributed by atoms with van der Waals surface area (Å²) >= 11 is 0. The van der Waals surface area contributed by atoms with E-state index in [1.165, 1.54) is 12.8 Å². The molecule has 2 heterocycles. The monoisotopic (exact) mass is 267 g/mol. The third-order valence-electron chi connectivity index (χ3n) is 5.26. The molecule has 0 aromatic heterocycles. The van der Waals surface area contributed by atoms with Crippen LogP contribution in [0.4, 0.5) is 0 Å². The maximum Gasteiger partial charge on any atom is 0.141 e. The fourth-order valence-electron chi connectivity index (χ4n) is 3.97. The van der Waals surface area contributed by atoms with Crippen molar-refractivity contribution < 1.29 is 14.6 Å². The van der Waals surface area contributed by atoms with E-state index in [4.69, 9.17) is 4.74 Å². The second kappa shape index (κ2) is 5.51. The molecular weight excluding hydrogens is 242 g/mol. The van der Waals surface area contributed by atoms with Crippen LogP contribution in [-0.4, -0.2) is 54.2 Å². The molecule has 1 aliphatic carbocycles. The van der Waals surface area contributed by atoms with Crippen molar-refractivity contribution in [2.24, 2.45) is 11.8 Å². The lowest BCUT2D eigenvalue weighted by molar-refractivity contribution is -0.133. The van der Waals surface area contributed by atoms with Gasteiger partial charge in [0.25, 0.3) is 0 Å². The molecule has 0 radical (unpaired) electrons. The number of ketones is 1. The van der Waals surface area contributed by atoms with E-state index in [0.29, 0.717) is 31.3 Å². The summed E-state index contributed by atoms with van der Waals surface area (Å²) in [7, 11) is 0. The molecule has 0 spiro atoms. The molecule has 3 fully saturated rings. The number of likely N-dealkylation sites (tertiary alicyclic amines) is 1. The minimum atomic E-state index is -0.415. The summed E-state index contributed by atoms with van der Waals surface area (Å²) in [5.41, 5.74) is -0.415. The van der Waals surface area contributed by atoms with Crippen LogP contribution in [0.2, 0.25) is 0 Å². The third kappa shape index (κ3) is 2.86. The zero-order valence-corrected chi connectivity index (χ0v) is 11.6. The van der Waals surface area contributed by atoms with Crippen LogP contribution in [0.3, 0.4) is 0 Å². The molecule has 4 heteroatoms.